The fourth-order valence-corrected chi connectivity index (χ4v) is 3.09. The van der Waals surface area contributed by atoms with Gasteiger partial charge in [-0.2, -0.15) is 0 Å². The van der Waals surface area contributed by atoms with Crippen LogP contribution in [0.5, 0.6) is 11.5 Å². The van der Waals surface area contributed by atoms with E-state index in [9.17, 15) is 4.79 Å². The Kier molecular flexibility index (Phi) is 7.90. The SMILES string of the molecule is CCOC(=O)C(CC)Oc1ccc(OCCc2ccc(-c3ccccc3)cc2)cc1. The van der Waals surface area contributed by atoms with Gasteiger partial charge < -0.3 is 14.2 Å². The third-order valence-corrected chi connectivity index (χ3v) is 4.74. The fraction of sp³-hybridized carbons (Fsp3) is 0.269. The molecule has 0 amide bonds. The Labute approximate surface area is 178 Å². The smallest absolute Gasteiger partial charge is 0.347 e. The Morgan fingerprint density at radius 1 is 0.800 bits per heavy atom. The summed E-state index contributed by atoms with van der Waals surface area (Å²) >= 11 is 0. The van der Waals surface area contributed by atoms with Crippen LogP contribution in [0.25, 0.3) is 11.1 Å². The zero-order valence-corrected chi connectivity index (χ0v) is 17.5. The van der Waals surface area contributed by atoms with Gasteiger partial charge in [0, 0.05) is 6.42 Å². The summed E-state index contributed by atoms with van der Waals surface area (Å²) in [6, 6.07) is 26.2. The van der Waals surface area contributed by atoms with Gasteiger partial charge in [-0.15, -0.1) is 0 Å². The molecule has 1 atom stereocenters. The quantitative estimate of drug-likeness (QED) is 0.407. The van der Waals surface area contributed by atoms with Gasteiger partial charge in [0.25, 0.3) is 0 Å². The lowest BCUT2D eigenvalue weighted by atomic mass is 10.0. The van der Waals surface area contributed by atoms with Gasteiger partial charge >= 0.3 is 5.97 Å². The molecule has 3 aromatic rings. The zero-order valence-electron chi connectivity index (χ0n) is 17.5. The standard InChI is InChI=1S/C26H28O4/c1-3-25(26(27)28-4-2)30-24-16-14-23(15-17-24)29-19-18-20-10-12-22(13-11-20)21-8-6-5-7-9-21/h5-17,25H,3-4,18-19H2,1-2H3. The second-order valence-electron chi connectivity index (χ2n) is 6.90. The first-order valence-corrected chi connectivity index (χ1v) is 10.4. The highest BCUT2D eigenvalue weighted by molar-refractivity contribution is 5.75. The summed E-state index contributed by atoms with van der Waals surface area (Å²) in [7, 11) is 0. The number of benzene rings is 3. The molecule has 156 valence electrons. The summed E-state index contributed by atoms with van der Waals surface area (Å²) in [4.78, 5) is 11.9. The molecule has 0 aliphatic heterocycles. The van der Waals surface area contributed by atoms with Crippen molar-refractivity contribution < 1.29 is 19.0 Å². The minimum Gasteiger partial charge on any atom is -0.493 e. The summed E-state index contributed by atoms with van der Waals surface area (Å²) < 4.78 is 16.6. The number of carbonyl (C=O) groups excluding carboxylic acids is 1. The molecule has 1 unspecified atom stereocenters. The van der Waals surface area contributed by atoms with Crippen molar-refractivity contribution in [1.29, 1.82) is 0 Å². The highest BCUT2D eigenvalue weighted by Crippen LogP contribution is 2.21. The van der Waals surface area contributed by atoms with E-state index >= 15 is 0 Å². The molecular weight excluding hydrogens is 376 g/mol. The summed E-state index contributed by atoms with van der Waals surface area (Å²) in [6.45, 7) is 4.62. The Balaban J connectivity index is 1.47. The van der Waals surface area contributed by atoms with E-state index in [-0.39, 0.29) is 5.97 Å². The van der Waals surface area contributed by atoms with Crippen LogP contribution in [0, 0.1) is 0 Å². The third-order valence-electron chi connectivity index (χ3n) is 4.74. The lowest BCUT2D eigenvalue weighted by molar-refractivity contribution is -0.151. The predicted molar refractivity (Wildman–Crippen MR) is 119 cm³/mol. The van der Waals surface area contributed by atoms with Gasteiger partial charge in [-0.25, -0.2) is 4.79 Å². The number of hydrogen-bond acceptors (Lipinski definition) is 4. The average molecular weight is 405 g/mol. The maximum Gasteiger partial charge on any atom is 0.347 e. The summed E-state index contributed by atoms with van der Waals surface area (Å²) in [6.07, 6.45) is 0.796. The minimum absolute atomic E-state index is 0.335. The van der Waals surface area contributed by atoms with Crippen molar-refractivity contribution in [1.82, 2.24) is 0 Å². The Hall–Kier alpha value is -3.27. The van der Waals surface area contributed by atoms with Crippen molar-refractivity contribution >= 4 is 5.97 Å². The molecule has 0 aromatic heterocycles. The molecule has 0 saturated heterocycles. The molecule has 0 radical (unpaired) electrons. The predicted octanol–water partition coefficient (Wildman–Crippen LogP) is 5.70. The molecule has 3 aromatic carbocycles. The van der Waals surface area contributed by atoms with Crippen molar-refractivity contribution in [3.63, 3.8) is 0 Å². The van der Waals surface area contributed by atoms with Crippen LogP contribution in [0.4, 0.5) is 0 Å². The molecule has 0 N–H and O–H groups in total. The summed E-state index contributed by atoms with van der Waals surface area (Å²) in [5, 5.41) is 0. The van der Waals surface area contributed by atoms with E-state index in [1.54, 1.807) is 6.92 Å². The first kappa shape index (κ1) is 21.4. The van der Waals surface area contributed by atoms with Crippen LogP contribution in [0.3, 0.4) is 0 Å². The topological polar surface area (TPSA) is 44.8 Å². The first-order valence-electron chi connectivity index (χ1n) is 10.4. The highest BCUT2D eigenvalue weighted by Gasteiger charge is 2.19. The van der Waals surface area contributed by atoms with E-state index in [4.69, 9.17) is 14.2 Å². The molecule has 0 aliphatic rings. The van der Waals surface area contributed by atoms with Gasteiger partial charge in [-0.05, 0) is 54.3 Å². The van der Waals surface area contributed by atoms with Gasteiger partial charge in [0.2, 0.25) is 0 Å². The first-order chi connectivity index (χ1) is 14.7. The third kappa shape index (κ3) is 6.11. The Morgan fingerprint density at radius 3 is 2.07 bits per heavy atom. The molecule has 30 heavy (non-hydrogen) atoms. The second-order valence-corrected chi connectivity index (χ2v) is 6.90. The normalized spacial score (nSPS) is 11.5. The minimum atomic E-state index is -0.587. The number of carbonyl (C=O) groups is 1. The molecule has 0 heterocycles. The molecule has 0 aliphatic carbocycles. The van der Waals surface area contributed by atoms with Gasteiger partial charge in [-0.3, -0.25) is 0 Å². The lowest BCUT2D eigenvalue weighted by Crippen LogP contribution is -2.28. The van der Waals surface area contributed by atoms with E-state index < -0.39 is 6.10 Å². The summed E-state index contributed by atoms with van der Waals surface area (Å²) in [5.74, 6) is 1.06. The summed E-state index contributed by atoms with van der Waals surface area (Å²) in [5.41, 5.74) is 3.66. The second kappa shape index (κ2) is 11.1. The molecule has 0 saturated carbocycles. The number of rotatable bonds is 10. The van der Waals surface area contributed by atoms with E-state index in [0.29, 0.717) is 25.4 Å². The van der Waals surface area contributed by atoms with Crippen LogP contribution in [0.1, 0.15) is 25.8 Å². The van der Waals surface area contributed by atoms with Crippen molar-refractivity contribution in [2.75, 3.05) is 13.2 Å². The van der Waals surface area contributed by atoms with Crippen LogP contribution in [-0.2, 0) is 16.0 Å². The molecule has 0 spiro atoms. The Morgan fingerprint density at radius 2 is 1.43 bits per heavy atom. The van der Waals surface area contributed by atoms with Crippen molar-refractivity contribution in [2.45, 2.75) is 32.8 Å². The largest absolute Gasteiger partial charge is 0.493 e. The van der Waals surface area contributed by atoms with Crippen LogP contribution in [-0.4, -0.2) is 25.3 Å². The van der Waals surface area contributed by atoms with Crippen LogP contribution in [0.2, 0.25) is 0 Å². The molecule has 3 rings (SSSR count). The van der Waals surface area contributed by atoms with E-state index in [2.05, 4.69) is 36.4 Å². The van der Waals surface area contributed by atoms with Gasteiger partial charge in [-0.1, -0.05) is 61.5 Å². The lowest BCUT2D eigenvalue weighted by Gasteiger charge is -2.16. The molecular formula is C26H28O4. The average Bonchev–Trinajstić information content (AvgIpc) is 2.79. The van der Waals surface area contributed by atoms with Crippen molar-refractivity contribution in [3.05, 3.63) is 84.4 Å². The van der Waals surface area contributed by atoms with Gasteiger partial charge in [0.05, 0.1) is 13.2 Å². The maximum atomic E-state index is 11.9. The Bertz CT molecular complexity index is 902. The molecule has 0 bridgehead atoms. The van der Waals surface area contributed by atoms with Gasteiger partial charge in [0.1, 0.15) is 11.5 Å². The van der Waals surface area contributed by atoms with Crippen LogP contribution < -0.4 is 9.47 Å². The van der Waals surface area contributed by atoms with E-state index in [1.165, 1.54) is 16.7 Å². The monoisotopic (exact) mass is 404 g/mol. The zero-order chi connectivity index (χ0) is 21.2. The highest BCUT2D eigenvalue weighted by atomic mass is 16.6. The molecule has 4 nitrogen and oxygen atoms in total. The van der Waals surface area contributed by atoms with Crippen molar-refractivity contribution in [2.24, 2.45) is 0 Å². The van der Waals surface area contributed by atoms with Crippen LogP contribution in [0.15, 0.2) is 78.9 Å². The van der Waals surface area contributed by atoms with Crippen LogP contribution >= 0.6 is 0 Å². The molecule has 0 fully saturated rings. The fourth-order valence-electron chi connectivity index (χ4n) is 3.09. The molecule has 4 heteroatoms. The maximum absolute atomic E-state index is 11.9. The number of hydrogen-bond donors (Lipinski definition) is 0. The van der Waals surface area contributed by atoms with E-state index in [1.807, 2.05) is 49.4 Å². The van der Waals surface area contributed by atoms with E-state index in [0.717, 1.165) is 12.2 Å². The number of esters is 1. The number of ether oxygens (including phenoxy) is 3. The van der Waals surface area contributed by atoms with Gasteiger partial charge in [0.15, 0.2) is 6.10 Å². The van der Waals surface area contributed by atoms with Crippen molar-refractivity contribution in [3.8, 4) is 22.6 Å².